The van der Waals surface area contributed by atoms with Gasteiger partial charge in [0.15, 0.2) is 0 Å². The third-order valence-electron chi connectivity index (χ3n) is 5.61. The number of likely N-dealkylation sites (N-methyl/N-ethyl adjacent to an activating group) is 1. The molecule has 2 N–H and O–H groups in total. The quantitative estimate of drug-likeness (QED) is 0.596. The summed E-state index contributed by atoms with van der Waals surface area (Å²) in [6, 6.07) is 8.21. The summed E-state index contributed by atoms with van der Waals surface area (Å²) in [5.74, 6) is -0.937. The molecule has 32 heavy (non-hydrogen) atoms. The Morgan fingerprint density at radius 1 is 1.41 bits per heavy atom. The number of aromatic carboxylic acids is 1. The SMILES string of the molecule is C[C@@H]1CN([C@@H](C)CO)C(=O)c2cc(Br)cnc2O[C@H]1CN(C)Cc1cccc(C(=O)O)c1. The highest BCUT2D eigenvalue weighted by Crippen LogP contribution is 2.28. The van der Waals surface area contributed by atoms with Crippen LogP contribution >= 0.6 is 15.9 Å². The van der Waals surface area contributed by atoms with Gasteiger partial charge >= 0.3 is 5.97 Å². The highest BCUT2D eigenvalue weighted by molar-refractivity contribution is 9.10. The van der Waals surface area contributed by atoms with Gasteiger partial charge in [-0.25, -0.2) is 9.78 Å². The van der Waals surface area contributed by atoms with Crippen LogP contribution in [-0.2, 0) is 6.54 Å². The van der Waals surface area contributed by atoms with Gasteiger partial charge in [-0.15, -0.1) is 0 Å². The average Bonchev–Trinajstić information content (AvgIpc) is 2.76. The van der Waals surface area contributed by atoms with Crippen LogP contribution in [0.25, 0.3) is 0 Å². The molecule has 0 saturated carbocycles. The van der Waals surface area contributed by atoms with Gasteiger partial charge in [0.05, 0.1) is 18.2 Å². The summed E-state index contributed by atoms with van der Waals surface area (Å²) in [5.41, 5.74) is 1.50. The number of aliphatic hydroxyl groups is 1. The zero-order chi connectivity index (χ0) is 23.4. The summed E-state index contributed by atoms with van der Waals surface area (Å²) in [6.45, 7) is 5.21. The highest BCUT2D eigenvalue weighted by atomic mass is 79.9. The van der Waals surface area contributed by atoms with E-state index in [1.807, 2.05) is 27.0 Å². The number of ether oxygens (including phenoxy) is 1. The lowest BCUT2D eigenvalue weighted by Crippen LogP contribution is -2.49. The Kier molecular flexibility index (Phi) is 7.86. The number of hydrogen-bond donors (Lipinski definition) is 2. The average molecular weight is 506 g/mol. The van der Waals surface area contributed by atoms with Gasteiger partial charge in [0, 0.05) is 36.2 Å². The molecule has 3 atom stereocenters. The molecule has 0 bridgehead atoms. The molecule has 3 rings (SSSR count). The number of nitrogens with zero attached hydrogens (tertiary/aromatic N) is 3. The second-order valence-electron chi connectivity index (χ2n) is 8.33. The van der Waals surface area contributed by atoms with Crippen LogP contribution in [-0.4, -0.2) is 75.8 Å². The molecule has 9 heteroatoms. The molecule has 2 aromatic rings. The van der Waals surface area contributed by atoms with Gasteiger partial charge in [-0.3, -0.25) is 9.69 Å². The van der Waals surface area contributed by atoms with Crippen molar-refractivity contribution in [3.63, 3.8) is 0 Å². The number of fused-ring (bicyclic) bond motifs is 1. The van der Waals surface area contributed by atoms with Gasteiger partial charge in [0.2, 0.25) is 5.88 Å². The molecule has 0 unspecified atom stereocenters. The summed E-state index contributed by atoms with van der Waals surface area (Å²) in [5, 5.41) is 18.9. The van der Waals surface area contributed by atoms with E-state index in [2.05, 4.69) is 25.8 Å². The van der Waals surface area contributed by atoms with Crippen LogP contribution < -0.4 is 4.74 Å². The first-order valence-electron chi connectivity index (χ1n) is 10.4. The maximum absolute atomic E-state index is 13.2. The minimum atomic E-state index is -0.955. The topological polar surface area (TPSA) is 103 Å². The van der Waals surface area contributed by atoms with Crippen molar-refractivity contribution in [2.24, 2.45) is 5.92 Å². The lowest BCUT2D eigenvalue weighted by molar-refractivity contribution is 0.0324. The van der Waals surface area contributed by atoms with Crippen LogP contribution in [0.2, 0.25) is 0 Å². The molecule has 1 amide bonds. The van der Waals surface area contributed by atoms with Crippen LogP contribution in [0, 0.1) is 5.92 Å². The van der Waals surface area contributed by atoms with Gasteiger partial charge in [-0.2, -0.15) is 0 Å². The first-order valence-corrected chi connectivity index (χ1v) is 11.2. The van der Waals surface area contributed by atoms with E-state index in [1.54, 1.807) is 35.4 Å². The molecule has 0 radical (unpaired) electrons. The fourth-order valence-electron chi connectivity index (χ4n) is 3.78. The van der Waals surface area contributed by atoms with E-state index in [-0.39, 0.29) is 42.0 Å². The second-order valence-corrected chi connectivity index (χ2v) is 9.25. The number of amides is 1. The Morgan fingerprint density at radius 3 is 2.84 bits per heavy atom. The molecule has 2 heterocycles. The van der Waals surface area contributed by atoms with E-state index in [9.17, 15) is 19.8 Å². The van der Waals surface area contributed by atoms with E-state index in [4.69, 9.17) is 4.74 Å². The Balaban J connectivity index is 1.83. The van der Waals surface area contributed by atoms with E-state index < -0.39 is 5.97 Å². The summed E-state index contributed by atoms with van der Waals surface area (Å²) < 4.78 is 6.90. The minimum absolute atomic E-state index is 0.0284. The highest BCUT2D eigenvalue weighted by Gasteiger charge is 2.34. The number of hydrogen-bond acceptors (Lipinski definition) is 6. The van der Waals surface area contributed by atoms with Gasteiger partial charge < -0.3 is 19.8 Å². The summed E-state index contributed by atoms with van der Waals surface area (Å²) in [4.78, 5) is 32.5. The van der Waals surface area contributed by atoms with Crippen molar-refractivity contribution in [1.29, 1.82) is 0 Å². The fraction of sp³-hybridized carbons (Fsp3) is 0.435. The first-order chi connectivity index (χ1) is 15.2. The van der Waals surface area contributed by atoms with Gasteiger partial charge in [0.1, 0.15) is 11.7 Å². The summed E-state index contributed by atoms with van der Waals surface area (Å²) in [7, 11) is 1.94. The zero-order valence-electron chi connectivity index (χ0n) is 18.4. The van der Waals surface area contributed by atoms with E-state index in [1.165, 1.54) is 0 Å². The predicted octanol–water partition coefficient (Wildman–Crippen LogP) is 2.89. The van der Waals surface area contributed by atoms with Crippen molar-refractivity contribution in [2.45, 2.75) is 32.5 Å². The Hall–Kier alpha value is -2.49. The predicted molar refractivity (Wildman–Crippen MR) is 123 cm³/mol. The van der Waals surface area contributed by atoms with Crippen molar-refractivity contribution < 1.29 is 24.5 Å². The molecule has 8 nitrogen and oxygen atoms in total. The Morgan fingerprint density at radius 2 is 2.16 bits per heavy atom. The molecule has 1 aromatic heterocycles. The van der Waals surface area contributed by atoms with Gasteiger partial charge in [0.25, 0.3) is 5.91 Å². The molecule has 0 spiro atoms. The third-order valence-corrected chi connectivity index (χ3v) is 6.04. The van der Waals surface area contributed by atoms with Crippen molar-refractivity contribution >= 4 is 27.8 Å². The third kappa shape index (κ3) is 5.65. The van der Waals surface area contributed by atoms with Crippen molar-refractivity contribution in [3.05, 3.63) is 57.7 Å². The number of carbonyl (C=O) groups excluding carboxylic acids is 1. The Labute approximate surface area is 195 Å². The molecule has 1 aromatic carbocycles. The minimum Gasteiger partial charge on any atom is -0.478 e. The molecule has 172 valence electrons. The fourth-order valence-corrected chi connectivity index (χ4v) is 4.11. The molecule has 0 fully saturated rings. The van der Waals surface area contributed by atoms with Crippen LogP contribution in [0.5, 0.6) is 5.88 Å². The van der Waals surface area contributed by atoms with Crippen molar-refractivity contribution in [2.75, 3.05) is 26.7 Å². The molecule has 1 aliphatic heterocycles. The number of carboxylic acid groups (broad SMARTS) is 1. The lowest BCUT2D eigenvalue weighted by Gasteiger charge is -2.37. The molecule has 1 aliphatic rings. The lowest BCUT2D eigenvalue weighted by atomic mass is 10.00. The first kappa shape index (κ1) is 24.2. The number of pyridine rings is 1. The number of aromatic nitrogens is 1. The van der Waals surface area contributed by atoms with Crippen LogP contribution in [0.3, 0.4) is 0 Å². The summed E-state index contributed by atoms with van der Waals surface area (Å²) >= 11 is 3.37. The van der Waals surface area contributed by atoms with Crippen molar-refractivity contribution in [3.8, 4) is 5.88 Å². The molecule has 0 saturated heterocycles. The number of benzene rings is 1. The number of halogens is 1. The standard InChI is InChI=1S/C23H28BrN3O5/c1-14-10-27(15(2)13-28)22(29)19-8-18(24)9-25-21(19)32-20(14)12-26(3)11-16-5-4-6-17(7-16)23(30)31/h4-9,14-15,20,28H,10-13H2,1-3H3,(H,30,31)/t14-,15+,20+/m1/s1. The summed E-state index contributed by atoms with van der Waals surface area (Å²) in [6.07, 6.45) is 1.33. The van der Waals surface area contributed by atoms with E-state index in [0.29, 0.717) is 29.7 Å². The molecule has 0 aliphatic carbocycles. The number of carboxylic acids is 1. The van der Waals surface area contributed by atoms with Crippen LogP contribution in [0.4, 0.5) is 0 Å². The van der Waals surface area contributed by atoms with Crippen molar-refractivity contribution in [1.82, 2.24) is 14.8 Å². The second kappa shape index (κ2) is 10.4. The van der Waals surface area contributed by atoms with Crippen LogP contribution in [0.15, 0.2) is 41.0 Å². The van der Waals surface area contributed by atoms with E-state index >= 15 is 0 Å². The smallest absolute Gasteiger partial charge is 0.335 e. The maximum Gasteiger partial charge on any atom is 0.335 e. The monoisotopic (exact) mass is 505 g/mol. The van der Waals surface area contributed by atoms with Crippen LogP contribution in [0.1, 0.15) is 40.1 Å². The van der Waals surface area contributed by atoms with Gasteiger partial charge in [-0.1, -0.05) is 19.1 Å². The van der Waals surface area contributed by atoms with E-state index in [0.717, 1.165) is 5.56 Å². The largest absolute Gasteiger partial charge is 0.478 e. The molecular formula is C23H28BrN3O5. The zero-order valence-corrected chi connectivity index (χ0v) is 19.9. The number of carbonyl (C=O) groups is 2. The Bertz CT molecular complexity index is 986. The number of rotatable bonds is 7. The maximum atomic E-state index is 13.2. The molecular weight excluding hydrogens is 478 g/mol. The number of aliphatic hydroxyl groups excluding tert-OH is 1. The van der Waals surface area contributed by atoms with Gasteiger partial charge in [-0.05, 0) is 53.7 Å². The normalized spacial score (nSPS) is 19.7.